The van der Waals surface area contributed by atoms with Crippen molar-refractivity contribution >= 4 is 15.7 Å². The quantitative estimate of drug-likeness (QED) is 0.798. The van der Waals surface area contributed by atoms with E-state index in [1.807, 2.05) is 17.9 Å². The fraction of sp³-hybridized carbons (Fsp3) is 0.667. The van der Waals surface area contributed by atoms with E-state index in [4.69, 9.17) is 4.74 Å². The summed E-state index contributed by atoms with van der Waals surface area (Å²) in [6.07, 6.45) is 7.50. The van der Waals surface area contributed by atoms with Crippen molar-refractivity contribution in [2.75, 3.05) is 18.1 Å². The van der Waals surface area contributed by atoms with E-state index in [1.54, 1.807) is 12.3 Å². The third-order valence-corrected chi connectivity index (χ3v) is 6.84. The predicted molar refractivity (Wildman–Crippen MR) is 95.2 cm³/mol. The summed E-state index contributed by atoms with van der Waals surface area (Å²) in [4.78, 5) is 18.8. The lowest BCUT2D eigenvalue weighted by Gasteiger charge is -2.38. The summed E-state index contributed by atoms with van der Waals surface area (Å²) in [6.45, 7) is 1.84. The van der Waals surface area contributed by atoms with Gasteiger partial charge in [0.25, 0.3) is 5.91 Å². The van der Waals surface area contributed by atoms with Crippen LogP contribution in [0.2, 0.25) is 0 Å². The van der Waals surface area contributed by atoms with Crippen LogP contribution in [-0.2, 0) is 14.6 Å². The Morgan fingerprint density at radius 2 is 1.96 bits per heavy atom. The number of amides is 1. The number of aryl methyl sites for hydroxylation is 1. The van der Waals surface area contributed by atoms with Crippen LogP contribution in [0.4, 0.5) is 0 Å². The van der Waals surface area contributed by atoms with Crippen LogP contribution in [-0.4, -0.2) is 54.4 Å². The second-order valence-electron chi connectivity index (χ2n) is 7.11. The van der Waals surface area contributed by atoms with Gasteiger partial charge in [0, 0.05) is 24.3 Å². The lowest BCUT2D eigenvalue weighted by molar-refractivity contribution is -0.138. The van der Waals surface area contributed by atoms with E-state index < -0.39 is 9.84 Å². The highest BCUT2D eigenvalue weighted by molar-refractivity contribution is 7.91. The molecule has 3 rings (SSSR count). The SMILES string of the molecule is Cc1ccc(OCC(=O)N(C2CCCCC2)C2CCS(=O)(=O)C2)nc1. The second kappa shape index (κ2) is 7.72. The van der Waals surface area contributed by atoms with Crippen LogP contribution in [0.15, 0.2) is 18.3 Å². The smallest absolute Gasteiger partial charge is 0.261 e. The van der Waals surface area contributed by atoms with Gasteiger partial charge in [-0.25, -0.2) is 13.4 Å². The first kappa shape index (κ1) is 18.2. The summed E-state index contributed by atoms with van der Waals surface area (Å²) in [5, 5.41) is 0. The summed E-state index contributed by atoms with van der Waals surface area (Å²) in [5.41, 5.74) is 1.03. The third-order valence-electron chi connectivity index (χ3n) is 5.09. The highest BCUT2D eigenvalue weighted by atomic mass is 32.2. The fourth-order valence-corrected chi connectivity index (χ4v) is 5.52. The molecule has 1 amide bonds. The maximum atomic E-state index is 12.9. The van der Waals surface area contributed by atoms with Gasteiger partial charge in [0.1, 0.15) is 0 Å². The maximum absolute atomic E-state index is 12.9. The molecule has 1 aromatic heterocycles. The molecular weight excluding hydrogens is 340 g/mol. The number of hydrogen-bond acceptors (Lipinski definition) is 5. The van der Waals surface area contributed by atoms with E-state index in [-0.39, 0.29) is 36.1 Å². The summed E-state index contributed by atoms with van der Waals surface area (Å²) >= 11 is 0. The number of ether oxygens (including phenoxy) is 1. The largest absolute Gasteiger partial charge is 0.468 e. The molecule has 1 aromatic rings. The maximum Gasteiger partial charge on any atom is 0.261 e. The molecule has 2 heterocycles. The highest BCUT2D eigenvalue weighted by Crippen LogP contribution is 2.28. The Hall–Kier alpha value is -1.63. The molecule has 25 heavy (non-hydrogen) atoms. The van der Waals surface area contributed by atoms with Crippen LogP contribution < -0.4 is 4.74 Å². The van der Waals surface area contributed by atoms with E-state index in [9.17, 15) is 13.2 Å². The molecule has 1 atom stereocenters. The molecule has 0 aromatic carbocycles. The Bertz CT molecular complexity index is 696. The average molecular weight is 366 g/mol. The van der Waals surface area contributed by atoms with Crippen molar-refractivity contribution in [3.05, 3.63) is 23.9 Å². The first-order valence-electron chi connectivity index (χ1n) is 9.02. The number of rotatable bonds is 5. The molecule has 1 aliphatic heterocycles. The number of carbonyl (C=O) groups is 1. The Morgan fingerprint density at radius 1 is 1.20 bits per heavy atom. The topological polar surface area (TPSA) is 76.6 Å². The Balaban J connectivity index is 1.69. The van der Waals surface area contributed by atoms with Gasteiger partial charge in [-0.2, -0.15) is 0 Å². The monoisotopic (exact) mass is 366 g/mol. The van der Waals surface area contributed by atoms with Crippen molar-refractivity contribution < 1.29 is 17.9 Å². The van der Waals surface area contributed by atoms with Crippen LogP contribution in [0.25, 0.3) is 0 Å². The van der Waals surface area contributed by atoms with Gasteiger partial charge in [0.05, 0.1) is 11.5 Å². The minimum atomic E-state index is -3.03. The van der Waals surface area contributed by atoms with Crippen LogP contribution in [0.1, 0.15) is 44.1 Å². The number of aromatic nitrogens is 1. The van der Waals surface area contributed by atoms with Crippen molar-refractivity contribution in [3.8, 4) is 5.88 Å². The van der Waals surface area contributed by atoms with Crippen molar-refractivity contribution in [1.82, 2.24) is 9.88 Å². The van der Waals surface area contributed by atoms with E-state index >= 15 is 0 Å². The van der Waals surface area contributed by atoms with E-state index in [0.717, 1.165) is 31.2 Å². The molecule has 0 N–H and O–H groups in total. The van der Waals surface area contributed by atoms with Gasteiger partial charge in [-0.05, 0) is 31.7 Å². The molecule has 138 valence electrons. The van der Waals surface area contributed by atoms with Crippen molar-refractivity contribution in [3.63, 3.8) is 0 Å². The van der Waals surface area contributed by atoms with E-state index in [1.165, 1.54) is 6.42 Å². The summed E-state index contributed by atoms with van der Waals surface area (Å²) in [5.74, 6) is 0.546. The molecule has 0 radical (unpaired) electrons. The van der Waals surface area contributed by atoms with Gasteiger partial charge in [-0.1, -0.05) is 25.3 Å². The Kier molecular flexibility index (Phi) is 5.61. The lowest BCUT2D eigenvalue weighted by atomic mass is 9.93. The van der Waals surface area contributed by atoms with Crippen LogP contribution in [0, 0.1) is 6.92 Å². The minimum Gasteiger partial charge on any atom is -0.468 e. The first-order valence-corrected chi connectivity index (χ1v) is 10.8. The fourth-order valence-electron chi connectivity index (χ4n) is 3.81. The van der Waals surface area contributed by atoms with Gasteiger partial charge < -0.3 is 9.64 Å². The van der Waals surface area contributed by atoms with Crippen molar-refractivity contribution in [2.24, 2.45) is 0 Å². The molecule has 1 saturated heterocycles. The molecule has 1 saturated carbocycles. The summed E-state index contributed by atoms with van der Waals surface area (Å²) < 4.78 is 29.3. The van der Waals surface area contributed by atoms with Gasteiger partial charge in [-0.3, -0.25) is 4.79 Å². The van der Waals surface area contributed by atoms with Crippen molar-refractivity contribution in [2.45, 2.75) is 57.5 Å². The number of nitrogens with zero attached hydrogens (tertiary/aromatic N) is 2. The third kappa shape index (κ3) is 4.71. The van der Waals surface area contributed by atoms with E-state index in [0.29, 0.717) is 12.3 Å². The van der Waals surface area contributed by atoms with Gasteiger partial charge in [0.15, 0.2) is 16.4 Å². The zero-order chi connectivity index (χ0) is 17.9. The van der Waals surface area contributed by atoms with Crippen LogP contribution >= 0.6 is 0 Å². The standard InChI is InChI=1S/C18H26N2O4S/c1-14-7-8-17(19-11-14)24-12-18(21)20(15-5-3-2-4-6-15)16-9-10-25(22,23)13-16/h7-8,11,15-16H,2-6,9-10,12-13H2,1H3. The highest BCUT2D eigenvalue weighted by Gasteiger charge is 2.38. The lowest BCUT2D eigenvalue weighted by Crippen LogP contribution is -2.50. The zero-order valence-corrected chi connectivity index (χ0v) is 15.5. The molecule has 1 unspecified atom stereocenters. The van der Waals surface area contributed by atoms with Crippen LogP contribution in [0.3, 0.4) is 0 Å². The molecule has 6 nitrogen and oxygen atoms in total. The molecule has 1 aliphatic carbocycles. The zero-order valence-electron chi connectivity index (χ0n) is 14.7. The van der Waals surface area contributed by atoms with Gasteiger partial charge in [-0.15, -0.1) is 0 Å². The summed E-state index contributed by atoms with van der Waals surface area (Å²) in [6, 6.07) is 3.55. The molecule has 7 heteroatoms. The van der Waals surface area contributed by atoms with Crippen molar-refractivity contribution in [1.29, 1.82) is 0 Å². The Labute approximate surface area is 149 Å². The molecular formula is C18H26N2O4S. The van der Waals surface area contributed by atoms with E-state index in [2.05, 4.69) is 4.98 Å². The minimum absolute atomic E-state index is 0.0814. The first-order chi connectivity index (χ1) is 11.9. The molecule has 0 spiro atoms. The predicted octanol–water partition coefficient (Wildman–Crippen LogP) is 2.12. The number of pyridine rings is 1. The van der Waals surface area contributed by atoms with Crippen LogP contribution in [0.5, 0.6) is 5.88 Å². The number of hydrogen-bond donors (Lipinski definition) is 0. The Morgan fingerprint density at radius 3 is 2.56 bits per heavy atom. The number of sulfone groups is 1. The van der Waals surface area contributed by atoms with Gasteiger partial charge in [0.2, 0.25) is 5.88 Å². The number of carbonyl (C=O) groups excluding carboxylic acids is 1. The normalized spacial score (nSPS) is 23.3. The molecule has 2 fully saturated rings. The van der Waals surface area contributed by atoms with Gasteiger partial charge >= 0.3 is 0 Å². The average Bonchev–Trinajstić information content (AvgIpc) is 2.95. The second-order valence-corrected chi connectivity index (χ2v) is 9.34. The summed E-state index contributed by atoms with van der Waals surface area (Å²) in [7, 11) is -3.03. The molecule has 2 aliphatic rings. The molecule has 0 bridgehead atoms.